The number of hydrogen-bond donors (Lipinski definition) is 0. The van der Waals surface area contributed by atoms with Crippen molar-refractivity contribution in [2.24, 2.45) is 16.7 Å². The lowest BCUT2D eigenvalue weighted by Crippen LogP contribution is -2.33. The molecule has 0 aromatic rings. The van der Waals surface area contributed by atoms with E-state index in [1.165, 1.54) is 50.3 Å². The Morgan fingerprint density at radius 2 is 1.23 bits per heavy atom. The maximum absolute atomic E-state index is 12.5. The van der Waals surface area contributed by atoms with Crippen molar-refractivity contribution in [2.45, 2.75) is 101 Å². The van der Waals surface area contributed by atoms with Gasteiger partial charge in [-0.15, -0.1) is 0 Å². The number of phosphoric acid groups is 1. The molecule has 294 valence electrons. The van der Waals surface area contributed by atoms with Crippen LogP contribution in [0, 0.1) is 16.7 Å². The van der Waals surface area contributed by atoms with Crippen LogP contribution < -0.4 is 0 Å². The van der Waals surface area contributed by atoms with E-state index >= 15 is 0 Å². The Morgan fingerprint density at radius 1 is 0.717 bits per heavy atom. The number of rotatable bonds is 17. The fraction of sp³-hybridized carbons (Fsp3) is 0.500. The van der Waals surface area contributed by atoms with Crippen LogP contribution in [0.1, 0.15) is 88.5 Å². The van der Waals surface area contributed by atoms with Gasteiger partial charge in [0.15, 0.2) is 0 Å². The Balaban J connectivity index is 1.94. The van der Waals surface area contributed by atoms with Crippen LogP contribution in [0.25, 0.3) is 0 Å². The fourth-order valence-electron chi connectivity index (χ4n) is 6.86. The first kappa shape index (κ1) is 46.6. The predicted octanol–water partition coefficient (Wildman–Crippen LogP) is 13.3. The topological polar surface area (TPSA) is 80.3 Å². The first-order chi connectivity index (χ1) is 24.7. The zero-order valence-corrected chi connectivity index (χ0v) is 36.6. The second-order valence-electron chi connectivity index (χ2n) is 15.6. The molecule has 0 spiro atoms. The van der Waals surface area contributed by atoms with Crippen LogP contribution in [0.15, 0.2) is 130 Å². The van der Waals surface area contributed by atoms with Gasteiger partial charge in [0.25, 0.3) is 0 Å². The summed E-state index contributed by atoms with van der Waals surface area (Å²) in [6, 6.07) is 0. The van der Waals surface area contributed by atoms with Gasteiger partial charge in [0.05, 0.1) is 12.2 Å². The van der Waals surface area contributed by atoms with Crippen molar-refractivity contribution in [3.05, 3.63) is 130 Å². The molecule has 0 N–H and O–H groups in total. The summed E-state index contributed by atoms with van der Waals surface area (Å²) >= 11 is 0. The zero-order valence-electron chi connectivity index (χ0n) is 34.8. The average Bonchev–Trinajstić information content (AvgIpc) is 3.05. The molecule has 53 heavy (non-hydrogen) atoms. The number of hydrogen-bond acceptors (Lipinski definition) is 7. The molecule has 0 aromatic carbocycles. The van der Waals surface area contributed by atoms with Gasteiger partial charge in [0, 0.05) is 33.9 Å². The van der Waals surface area contributed by atoms with Gasteiger partial charge in [-0.1, -0.05) is 152 Å². The first-order valence-corrected chi connectivity index (χ1v) is 21.8. The lowest BCUT2D eigenvalue weighted by atomic mass is 9.67. The minimum Gasteiger partial charge on any atom is -0.312 e. The first-order valence-electron chi connectivity index (χ1n) is 18.3. The van der Waals surface area contributed by atoms with E-state index in [1.54, 1.807) is 0 Å². The summed E-state index contributed by atoms with van der Waals surface area (Å²) in [4.78, 5) is 0. The Hall–Kier alpha value is -2.60. The molecule has 0 radical (unpaired) electrons. The van der Waals surface area contributed by atoms with E-state index in [0.717, 1.165) is 29.6 Å². The van der Waals surface area contributed by atoms with Crippen molar-refractivity contribution in [2.75, 3.05) is 28.0 Å². The fourth-order valence-corrected chi connectivity index (χ4v) is 8.40. The zero-order chi connectivity index (χ0) is 40.0. The SMILES string of the molecule is COP(C)(=O)OC1C=C(C)C(/C=C/C(C)=C/C=C/C(C)=C/C=C/C=C(C)/C=C/C=C(C)/C=C/C2=C(C)CC(OP(=O)(OC)OC)CC2(C)C)C(C)(C)C1. The van der Waals surface area contributed by atoms with Crippen molar-refractivity contribution < 1.29 is 31.7 Å². The maximum Gasteiger partial charge on any atom is 0.474 e. The molecule has 0 saturated heterocycles. The Kier molecular flexibility index (Phi) is 18.4. The van der Waals surface area contributed by atoms with Gasteiger partial charge in [-0.25, -0.2) is 4.57 Å². The summed E-state index contributed by atoms with van der Waals surface area (Å²) in [5, 5.41) is 0. The molecule has 0 aromatic heterocycles. The lowest BCUT2D eigenvalue weighted by Gasteiger charge is -2.40. The Labute approximate surface area is 321 Å². The largest absolute Gasteiger partial charge is 0.474 e. The molecular weight excluding hydrogens is 702 g/mol. The van der Waals surface area contributed by atoms with Gasteiger partial charge in [-0.2, -0.15) is 0 Å². The van der Waals surface area contributed by atoms with E-state index in [1.807, 2.05) is 0 Å². The highest BCUT2D eigenvalue weighted by atomic mass is 31.2. The minimum absolute atomic E-state index is 0.0381. The molecule has 0 bridgehead atoms. The second kappa shape index (κ2) is 20.9. The van der Waals surface area contributed by atoms with Crippen molar-refractivity contribution in [1.82, 2.24) is 0 Å². The third kappa shape index (κ3) is 16.0. The van der Waals surface area contributed by atoms with Crippen LogP contribution in [0.3, 0.4) is 0 Å². The lowest BCUT2D eigenvalue weighted by molar-refractivity contribution is 0.0765. The van der Waals surface area contributed by atoms with Crippen molar-refractivity contribution >= 4 is 15.4 Å². The molecule has 9 heteroatoms. The summed E-state index contributed by atoms with van der Waals surface area (Å²) < 4.78 is 51.4. The van der Waals surface area contributed by atoms with Crippen LogP contribution in [0.2, 0.25) is 0 Å². The van der Waals surface area contributed by atoms with Gasteiger partial charge in [-0.3, -0.25) is 18.1 Å². The van der Waals surface area contributed by atoms with Crippen molar-refractivity contribution in [1.29, 1.82) is 0 Å². The summed E-state index contributed by atoms with van der Waals surface area (Å²) in [5.74, 6) is 0.267. The highest BCUT2D eigenvalue weighted by molar-refractivity contribution is 7.53. The second-order valence-corrected chi connectivity index (χ2v) is 19.6. The Morgan fingerprint density at radius 3 is 1.72 bits per heavy atom. The van der Waals surface area contributed by atoms with Gasteiger partial charge in [0.1, 0.15) is 0 Å². The summed E-state index contributed by atoms with van der Waals surface area (Å²) in [7, 11) is -2.46. The third-order valence-electron chi connectivity index (χ3n) is 9.68. The summed E-state index contributed by atoms with van der Waals surface area (Å²) in [6.07, 6.45) is 33.5. The van der Waals surface area contributed by atoms with E-state index in [4.69, 9.17) is 22.6 Å². The molecule has 4 unspecified atom stereocenters. The van der Waals surface area contributed by atoms with E-state index in [-0.39, 0.29) is 29.0 Å². The van der Waals surface area contributed by atoms with Crippen LogP contribution in [0.4, 0.5) is 0 Å². The van der Waals surface area contributed by atoms with Gasteiger partial charge >= 0.3 is 15.4 Å². The van der Waals surface area contributed by atoms with E-state index in [2.05, 4.69) is 160 Å². The Bertz CT molecular complexity index is 1700. The van der Waals surface area contributed by atoms with Gasteiger partial charge in [0.2, 0.25) is 0 Å². The molecule has 4 atom stereocenters. The molecule has 0 amide bonds. The standard InChI is InChI=1S/C44H66O7P2/c1-33(21-17-23-35(3)25-27-41-37(5)29-39(31-43(41,7)8)50-52(14,45)47-11)19-15-16-20-34(2)22-18-24-36(4)26-28-42-38(6)30-40(32-44(42,9)10)51-53(46,48-12)49-13/h15-29,39-41H,30-32H2,1-14H3/b16-15+,21-17+,22-18+,27-25+,28-26+,33-19+,34-20+,35-23+,36-24+. The predicted molar refractivity (Wildman–Crippen MR) is 224 cm³/mol. The normalized spacial score (nSPS) is 25.1. The molecule has 0 saturated carbocycles. The third-order valence-corrected chi connectivity index (χ3v) is 12.5. The molecule has 0 fully saturated rings. The molecule has 7 nitrogen and oxygen atoms in total. The number of phosphoric ester groups is 1. The maximum atomic E-state index is 12.5. The molecule has 0 heterocycles. The minimum atomic E-state index is -3.53. The number of allylic oxidation sites excluding steroid dienone is 20. The van der Waals surface area contributed by atoms with Crippen molar-refractivity contribution in [3.8, 4) is 0 Å². The molecule has 2 aliphatic carbocycles. The van der Waals surface area contributed by atoms with Gasteiger partial charge < -0.3 is 9.05 Å². The van der Waals surface area contributed by atoms with Gasteiger partial charge in [-0.05, 0) is 77.2 Å². The van der Waals surface area contributed by atoms with Crippen LogP contribution in [-0.4, -0.2) is 40.2 Å². The van der Waals surface area contributed by atoms with Crippen LogP contribution >= 0.6 is 15.4 Å². The smallest absolute Gasteiger partial charge is 0.312 e. The highest BCUT2D eigenvalue weighted by Gasteiger charge is 2.38. The average molecular weight is 769 g/mol. The molecule has 0 aliphatic heterocycles. The summed E-state index contributed by atoms with van der Waals surface area (Å²) in [6.45, 7) is 22.9. The molecular formula is C44H66O7P2. The van der Waals surface area contributed by atoms with E-state index in [9.17, 15) is 9.13 Å². The van der Waals surface area contributed by atoms with E-state index < -0.39 is 15.4 Å². The molecule has 2 rings (SSSR count). The monoisotopic (exact) mass is 768 g/mol. The van der Waals surface area contributed by atoms with E-state index in [0.29, 0.717) is 6.42 Å². The van der Waals surface area contributed by atoms with Crippen LogP contribution in [0.5, 0.6) is 0 Å². The highest BCUT2D eigenvalue weighted by Crippen LogP contribution is 2.53. The quantitative estimate of drug-likeness (QED) is 0.0828. The summed E-state index contributed by atoms with van der Waals surface area (Å²) in [5.41, 5.74) is 8.14. The van der Waals surface area contributed by atoms with Crippen molar-refractivity contribution in [3.63, 3.8) is 0 Å². The van der Waals surface area contributed by atoms with Crippen LogP contribution in [-0.2, 0) is 31.7 Å². The molecule has 2 aliphatic rings.